The molecule has 49 heavy (non-hydrogen) atoms. The van der Waals surface area contributed by atoms with Gasteiger partial charge in [-0.3, -0.25) is 9.59 Å². The standard InChI is InChI=1S/C34H37N3O11S/c1-15-8-10-18(11-9-15)49(44,45)37-36-17(3)34(43)13-20-26(23(14-34)48-24-12-21(35)29(38)16(2)47-24)33(42)28-27(31(20)40)30(39)19-6-5-7-22(46-4)25(19)32(28)41/h5-11,16,21,23-24,29,37-38,40,42-43H,12-14,35H2,1-4H3. The van der Waals surface area contributed by atoms with E-state index in [9.17, 15) is 38.4 Å². The predicted molar refractivity (Wildman–Crippen MR) is 174 cm³/mol. The fraction of sp³-hybridized carbons (Fsp3) is 0.382. The first kappa shape index (κ1) is 34.5. The fourth-order valence-corrected chi connectivity index (χ4v) is 7.53. The number of ketones is 2. The molecule has 14 nitrogen and oxygen atoms in total. The molecule has 1 fully saturated rings. The number of rotatable bonds is 7. The molecular formula is C34H37N3O11S. The van der Waals surface area contributed by atoms with E-state index in [1.165, 1.54) is 44.4 Å². The van der Waals surface area contributed by atoms with Gasteiger partial charge in [0.2, 0.25) is 5.78 Å². The van der Waals surface area contributed by atoms with Crippen LogP contribution in [0.2, 0.25) is 0 Å². The summed E-state index contributed by atoms with van der Waals surface area (Å²) in [5, 5.41) is 49.9. The number of benzene rings is 3. The zero-order valence-electron chi connectivity index (χ0n) is 27.1. The number of nitrogens with two attached hydrogens (primary N) is 1. The lowest BCUT2D eigenvalue weighted by Gasteiger charge is -2.42. The minimum atomic E-state index is -4.15. The predicted octanol–water partition coefficient (Wildman–Crippen LogP) is 2.10. The highest BCUT2D eigenvalue weighted by atomic mass is 32.2. The zero-order valence-corrected chi connectivity index (χ0v) is 27.9. The van der Waals surface area contributed by atoms with Gasteiger partial charge in [-0.25, -0.2) is 4.83 Å². The van der Waals surface area contributed by atoms with E-state index in [0.29, 0.717) is 0 Å². The molecule has 6 unspecified atom stereocenters. The Labute approximate surface area is 282 Å². The van der Waals surface area contributed by atoms with Crippen molar-refractivity contribution in [3.63, 3.8) is 0 Å². The maximum atomic E-state index is 13.9. The van der Waals surface area contributed by atoms with Crippen LogP contribution in [0.4, 0.5) is 0 Å². The number of carbonyl (C=O) groups is 2. The zero-order chi connectivity index (χ0) is 35.6. The van der Waals surface area contributed by atoms with Gasteiger partial charge in [0.05, 0.1) is 52.7 Å². The van der Waals surface area contributed by atoms with Crippen molar-refractivity contribution in [3.8, 4) is 17.2 Å². The van der Waals surface area contributed by atoms with E-state index in [0.717, 1.165) is 5.56 Å². The number of hydrazone groups is 1. The number of aliphatic hydroxyl groups excluding tert-OH is 1. The molecule has 3 aromatic rings. The summed E-state index contributed by atoms with van der Waals surface area (Å²) in [4.78, 5) is 29.8. The van der Waals surface area contributed by atoms with Crippen molar-refractivity contribution in [1.82, 2.24) is 4.83 Å². The van der Waals surface area contributed by atoms with Gasteiger partial charge in [0, 0.05) is 42.0 Å². The summed E-state index contributed by atoms with van der Waals surface area (Å²) in [5.74, 6) is -2.75. The molecule has 0 spiro atoms. The van der Waals surface area contributed by atoms with Gasteiger partial charge >= 0.3 is 0 Å². The molecule has 0 radical (unpaired) electrons. The van der Waals surface area contributed by atoms with Gasteiger partial charge < -0.3 is 40.4 Å². The smallest absolute Gasteiger partial charge is 0.276 e. The lowest BCUT2D eigenvalue weighted by atomic mass is 9.72. The summed E-state index contributed by atoms with van der Waals surface area (Å²) in [7, 11) is -2.82. The number of phenols is 2. The van der Waals surface area contributed by atoms with Gasteiger partial charge in [0.25, 0.3) is 10.0 Å². The van der Waals surface area contributed by atoms with E-state index in [-0.39, 0.29) is 51.5 Å². The van der Waals surface area contributed by atoms with E-state index in [2.05, 4.69) is 9.93 Å². The topological polar surface area (TPSA) is 227 Å². The van der Waals surface area contributed by atoms with E-state index >= 15 is 0 Å². The molecule has 0 bridgehead atoms. The number of carbonyl (C=O) groups excluding carboxylic acids is 2. The number of hydrogen-bond acceptors (Lipinski definition) is 13. The number of ether oxygens (including phenoxy) is 3. The van der Waals surface area contributed by atoms with Crippen LogP contribution in [0.25, 0.3) is 0 Å². The summed E-state index contributed by atoms with van der Waals surface area (Å²) >= 11 is 0. The van der Waals surface area contributed by atoms with E-state index in [1.54, 1.807) is 26.0 Å². The Hall–Kier alpha value is -4.38. The van der Waals surface area contributed by atoms with Crippen LogP contribution in [0.5, 0.6) is 17.2 Å². The first-order chi connectivity index (χ1) is 23.1. The van der Waals surface area contributed by atoms with Crippen LogP contribution < -0.4 is 15.3 Å². The molecule has 1 aliphatic heterocycles. The van der Waals surface area contributed by atoms with Crippen molar-refractivity contribution in [2.75, 3.05) is 7.11 Å². The third-order valence-electron chi connectivity index (χ3n) is 9.48. The summed E-state index contributed by atoms with van der Waals surface area (Å²) in [6, 6.07) is 9.70. The van der Waals surface area contributed by atoms with Crippen LogP contribution in [0, 0.1) is 6.92 Å². The van der Waals surface area contributed by atoms with Crippen LogP contribution in [0.15, 0.2) is 52.5 Å². The van der Waals surface area contributed by atoms with Crippen LogP contribution in [0.1, 0.15) is 81.3 Å². The second-order valence-electron chi connectivity index (χ2n) is 12.7. The molecular weight excluding hydrogens is 658 g/mol. The molecule has 6 atom stereocenters. The Morgan fingerprint density at radius 2 is 1.73 bits per heavy atom. The average Bonchev–Trinajstić information content (AvgIpc) is 3.06. The molecule has 6 rings (SSSR count). The highest BCUT2D eigenvalue weighted by molar-refractivity contribution is 7.89. The number of aromatic hydroxyl groups is 2. The van der Waals surface area contributed by atoms with E-state index < -0.39 is 86.9 Å². The van der Waals surface area contributed by atoms with Gasteiger partial charge in [-0.2, -0.15) is 13.5 Å². The molecule has 15 heteroatoms. The molecule has 1 heterocycles. The molecule has 0 aromatic heterocycles. The monoisotopic (exact) mass is 695 g/mol. The highest BCUT2D eigenvalue weighted by Crippen LogP contribution is 2.52. The quantitative estimate of drug-likeness (QED) is 0.0928. The Kier molecular flexibility index (Phi) is 8.80. The lowest BCUT2D eigenvalue weighted by molar-refractivity contribution is -0.245. The van der Waals surface area contributed by atoms with Crippen molar-refractivity contribution in [3.05, 3.63) is 81.4 Å². The van der Waals surface area contributed by atoms with Crippen molar-refractivity contribution >= 4 is 27.3 Å². The lowest BCUT2D eigenvalue weighted by Crippen LogP contribution is -2.52. The maximum absolute atomic E-state index is 13.9. The Morgan fingerprint density at radius 3 is 2.39 bits per heavy atom. The third-order valence-corrected chi connectivity index (χ3v) is 10.7. The molecule has 0 amide bonds. The second kappa shape index (κ2) is 12.5. The van der Waals surface area contributed by atoms with Gasteiger partial charge in [0.1, 0.15) is 22.8 Å². The van der Waals surface area contributed by atoms with Crippen LogP contribution in [-0.4, -0.2) is 83.4 Å². The number of aliphatic hydroxyl groups is 2. The first-order valence-corrected chi connectivity index (χ1v) is 17.0. The molecule has 3 aliphatic rings. The molecule has 2 aliphatic carbocycles. The number of hydrogen-bond donors (Lipinski definition) is 6. The minimum Gasteiger partial charge on any atom is -0.507 e. The second-order valence-corrected chi connectivity index (χ2v) is 14.3. The van der Waals surface area contributed by atoms with Gasteiger partial charge in [-0.05, 0) is 39.0 Å². The van der Waals surface area contributed by atoms with Crippen molar-refractivity contribution < 1.29 is 52.6 Å². The van der Waals surface area contributed by atoms with Crippen molar-refractivity contribution in [2.24, 2.45) is 10.8 Å². The third kappa shape index (κ3) is 5.85. The summed E-state index contributed by atoms with van der Waals surface area (Å²) in [5.41, 5.74) is 3.57. The Bertz CT molecular complexity index is 1980. The summed E-state index contributed by atoms with van der Waals surface area (Å²) in [6.07, 6.45) is -4.92. The molecule has 0 saturated carbocycles. The number of nitrogens with zero attached hydrogens (tertiary/aromatic N) is 1. The largest absolute Gasteiger partial charge is 0.507 e. The molecule has 1 saturated heterocycles. The van der Waals surface area contributed by atoms with E-state index in [1.807, 2.05) is 0 Å². The summed E-state index contributed by atoms with van der Waals surface area (Å²) < 4.78 is 43.4. The normalized spacial score (nSPS) is 26.8. The number of fused-ring (bicyclic) bond motifs is 3. The number of nitrogens with one attached hydrogen (secondary N) is 1. The Balaban J connectivity index is 1.46. The average molecular weight is 696 g/mol. The minimum absolute atomic E-state index is 0.0128. The SMILES string of the molecule is COc1cccc2c1C(=O)c1c(O)c3c(c(O)c1C2=O)CC(O)(C(C)=NNS(=O)(=O)c1ccc(C)cc1)CC3OC1CC(N)C(O)C(C)O1. The fourth-order valence-electron chi connectivity index (χ4n) is 6.67. The summed E-state index contributed by atoms with van der Waals surface area (Å²) in [6.45, 7) is 4.77. The Morgan fingerprint density at radius 1 is 1.06 bits per heavy atom. The van der Waals surface area contributed by atoms with Crippen LogP contribution in [0.3, 0.4) is 0 Å². The maximum Gasteiger partial charge on any atom is 0.276 e. The van der Waals surface area contributed by atoms with Crippen LogP contribution in [-0.2, 0) is 25.9 Å². The number of sulfonamides is 1. The van der Waals surface area contributed by atoms with Gasteiger partial charge in [-0.15, -0.1) is 0 Å². The van der Waals surface area contributed by atoms with Crippen molar-refractivity contribution in [1.29, 1.82) is 0 Å². The number of phenolic OH excluding ortho intramolecular Hbond substituents is 2. The molecule has 3 aromatic carbocycles. The number of aryl methyl sites for hydroxylation is 1. The van der Waals surface area contributed by atoms with Gasteiger partial charge in [-0.1, -0.05) is 29.8 Å². The van der Waals surface area contributed by atoms with Crippen LogP contribution >= 0.6 is 0 Å². The van der Waals surface area contributed by atoms with E-state index in [4.69, 9.17) is 19.9 Å². The van der Waals surface area contributed by atoms with Crippen molar-refractivity contribution in [2.45, 2.75) is 81.2 Å². The number of methoxy groups -OCH3 is 1. The van der Waals surface area contributed by atoms with Gasteiger partial charge in [0.15, 0.2) is 12.1 Å². The molecule has 7 N–H and O–H groups in total. The highest BCUT2D eigenvalue weighted by Gasteiger charge is 2.49. The first-order valence-electron chi connectivity index (χ1n) is 15.5. The molecule has 260 valence electrons.